The quantitative estimate of drug-likeness (QED) is 0.643. The summed E-state index contributed by atoms with van der Waals surface area (Å²) in [7, 11) is 1.47. The van der Waals surface area contributed by atoms with Gasteiger partial charge in [0.1, 0.15) is 4.47 Å². The summed E-state index contributed by atoms with van der Waals surface area (Å²) >= 11 is 3.07. The van der Waals surface area contributed by atoms with Crippen molar-refractivity contribution in [1.29, 1.82) is 0 Å². The second kappa shape index (κ2) is 7.16. The van der Waals surface area contributed by atoms with Gasteiger partial charge in [0.2, 0.25) is 5.91 Å². The molecule has 0 fully saturated rings. The molecule has 0 radical (unpaired) electrons. The highest BCUT2D eigenvalue weighted by atomic mass is 79.9. The van der Waals surface area contributed by atoms with Crippen molar-refractivity contribution in [3.63, 3.8) is 0 Å². The lowest BCUT2D eigenvalue weighted by atomic mass is 10.2. The van der Waals surface area contributed by atoms with Gasteiger partial charge in [0.25, 0.3) is 11.6 Å². The monoisotopic (exact) mass is 357 g/mol. The van der Waals surface area contributed by atoms with Crippen LogP contribution in [0.5, 0.6) is 0 Å². The first-order valence-corrected chi connectivity index (χ1v) is 7.01. The summed E-state index contributed by atoms with van der Waals surface area (Å²) < 4.78 is 0.108. The molecule has 0 saturated heterocycles. The van der Waals surface area contributed by atoms with Gasteiger partial charge < -0.3 is 10.2 Å². The van der Waals surface area contributed by atoms with Gasteiger partial charge in [-0.3, -0.25) is 19.7 Å². The van der Waals surface area contributed by atoms with Crippen molar-refractivity contribution in [2.75, 3.05) is 13.6 Å². The molecule has 114 valence electrons. The maximum atomic E-state index is 12.3. The van der Waals surface area contributed by atoms with E-state index >= 15 is 0 Å². The SMILES string of the molecule is CC(C)NC(=O)CN(C)C(=O)c1cccc([N+](=O)[O-])c1Br. The Morgan fingerprint density at radius 1 is 1.43 bits per heavy atom. The minimum Gasteiger partial charge on any atom is -0.352 e. The van der Waals surface area contributed by atoms with Gasteiger partial charge in [-0.1, -0.05) is 6.07 Å². The van der Waals surface area contributed by atoms with E-state index in [1.807, 2.05) is 13.8 Å². The van der Waals surface area contributed by atoms with Gasteiger partial charge in [-0.05, 0) is 35.8 Å². The predicted octanol–water partition coefficient (Wildman–Crippen LogP) is 1.95. The summed E-state index contributed by atoms with van der Waals surface area (Å²) in [5.74, 6) is -0.758. The fourth-order valence-corrected chi connectivity index (χ4v) is 2.27. The smallest absolute Gasteiger partial charge is 0.284 e. The van der Waals surface area contributed by atoms with Crippen molar-refractivity contribution >= 4 is 33.4 Å². The highest BCUT2D eigenvalue weighted by Crippen LogP contribution is 2.28. The lowest BCUT2D eigenvalue weighted by Gasteiger charge is -2.18. The van der Waals surface area contributed by atoms with Crippen LogP contribution in [0, 0.1) is 10.1 Å². The molecule has 0 aliphatic rings. The molecule has 1 aromatic carbocycles. The van der Waals surface area contributed by atoms with E-state index in [0.29, 0.717) is 0 Å². The largest absolute Gasteiger partial charge is 0.352 e. The van der Waals surface area contributed by atoms with E-state index in [2.05, 4.69) is 21.2 Å². The Hall–Kier alpha value is -1.96. The van der Waals surface area contributed by atoms with E-state index in [-0.39, 0.29) is 34.2 Å². The number of halogens is 1. The number of likely N-dealkylation sites (N-methyl/N-ethyl adjacent to an activating group) is 1. The minimum atomic E-state index is -0.577. The van der Waals surface area contributed by atoms with Gasteiger partial charge >= 0.3 is 0 Å². The first-order chi connectivity index (χ1) is 9.73. The van der Waals surface area contributed by atoms with Crippen molar-refractivity contribution in [3.05, 3.63) is 38.3 Å². The number of hydrogen-bond donors (Lipinski definition) is 1. The fraction of sp³-hybridized carbons (Fsp3) is 0.385. The number of hydrogen-bond acceptors (Lipinski definition) is 4. The van der Waals surface area contributed by atoms with Crippen LogP contribution >= 0.6 is 15.9 Å². The molecular formula is C13H16BrN3O4. The molecule has 8 heteroatoms. The molecule has 0 bridgehead atoms. The molecule has 0 aliphatic carbocycles. The zero-order valence-electron chi connectivity index (χ0n) is 11.9. The van der Waals surface area contributed by atoms with Crippen LogP contribution in [-0.4, -0.2) is 41.3 Å². The number of nitrogens with one attached hydrogen (secondary N) is 1. The van der Waals surface area contributed by atoms with Crippen LogP contribution in [0.15, 0.2) is 22.7 Å². The van der Waals surface area contributed by atoms with E-state index in [4.69, 9.17) is 0 Å². The highest BCUT2D eigenvalue weighted by Gasteiger charge is 2.22. The first-order valence-electron chi connectivity index (χ1n) is 6.21. The van der Waals surface area contributed by atoms with E-state index in [1.165, 1.54) is 30.1 Å². The normalized spacial score (nSPS) is 10.3. The van der Waals surface area contributed by atoms with E-state index < -0.39 is 10.8 Å². The molecule has 2 amide bonds. The average molecular weight is 358 g/mol. The number of carbonyl (C=O) groups is 2. The first kappa shape index (κ1) is 17.1. The Morgan fingerprint density at radius 2 is 2.05 bits per heavy atom. The Balaban J connectivity index is 2.91. The molecule has 0 atom stereocenters. The predicted molar refractivity (Wildman–Crippen MR) is 81.0 cm³/mol. The number of rotatable bonds is 5. The van der Waals surface area contributed by atoms with Crippen molar-refractivity contribution in [2.24, 2.45) is 0 Å². The van der Waals surface area contributed by atoms with Gasteiger partial charge in [-0.2, -0.15) is 0 Å². The maximum Gasteiger partial charge on any atom is 0.284 e. The average Bonchev–Trinajstić information content (AvgIpc) is 2.36. The van der Waals surface area contributed by atoms with Gasteiger partial charge in [-0.25, -0.2) is 0 Å². The molecule has 0 aromatic heterocycles. The van der Waals surface area contributed by atoms with Crippen molar-refractivity contribution in [1.82, 2.24) is 10.2 Å². The molecule has 1 N–H and O–H groups in total. The lowest BCUT2D eigenvalue weighted by Crippen LogP contribution is -2.40. The van der Waals surface area contributed by atoms with Crippen molar-refractivity contribution in [2.45, 2.75) is 19.9 Å². The zero-order chi connectivity index (χ0) is 16.2. The van der Waals surface area contributed by atoms with Crippen LogP contribution in [0.3, 0.4) is 0 Å². The number of benzene rings is 1. The van der Waals surface area contributed by atoms with Crippen LogP contribution in [-0.2, 0) is 4.79 Å². The Kier molecular flexibility index (Phi) is 5.83. The number of carbonyl (C=O) groups excluding carboxylic acids is 2. The third-order valence-electron chi connectivity index (χ3n) is 2.58. The fourth-order valence-electron chi connectivity index (χ4n) is 1.69. The third-order valence-corrected chi connectivity index (χ3v) is 3.42. The number of nitro benzene ring substituents is 1. The van der Waals surface area contributed by atoms with Gasteiger partial charge in [0.05, 0.1) is 17.0 Å². The van der Waals surface area contributed by atoms with E-state index in [9.17, 15) is 19.7 Å². The summed E-state index contributed by atoms with van der Waals surface area (Å²) in [4.78, 5) is 35.4. The van der Waals surface area contributed by atoms with Crippen molar-refractivity contribution < 1.29 is 14.5 Å². The molecule has 0 saturated carbocycles. The van der Waals surface area contributed by atoms with Gasteiger partial charge in [-0.15, -0.1) is 0 Å². The molecular weight excluding hydrogens is 342 g/mol. The molecule has 7 nitrogen and oxygen atoms in total. The van der Waals surface area contributed by atoms with Crippen LogP contribution in [0.4, 0.5) is 5.69 Å². The summed E-state index contributed by atoms with van der Waals surface area (Å²) in [5.41, 5.74) is -0.0510. The molecule has 21 heavy (non-hydrogen) atoms. The molecule has 1 aromatic rings. The van der Waals surface area contributed by atoms with E-state index in [1.54, 1.807) is 0 Å². The summed E-state index contributed by atoms with van der Waals surface area (Å²) in [6.07, 6.45) is 0. The molecule has 0 unspecified atom stereocenters. The Bertz CT molecular complexity index is 575. The summed E-state index contributed by atoms with van der Waals surface area (Å²) in [5, 5.41) is 13.5. The van der Waals surface area contributed by atoms with Crippen molar-refractivity contribution in [3.8, 4) is 0 Å². The number of nitrogens with zero attached hydrogens (tertiary/aromatic N) is 2. The number of nitro groups is 1. The number of amides is 2. The topological polar surface area (TPSA) is 92.6 Å². The van der Waals surface area contributed by atoms with Gasteiger partial charge in [0, 0.05) is 19.2 Å². The summed E-state index contributed by atoms with van der Waals surface area (Å²) in [6.45, 7) is 3.51. The van der Waals surface area contributed by atoms with E-state index in [0.717, 1.165) is 0 Å². The molecule has 0 aliphatic heterocycles. The highest BCUT2D eigenvalue weighted by molar-refractivity contribution is 9.10. The second-order valence-electron chi connectivity index (χ2n) is 4.78. The minimum absolute atomic E-state index is 0.0226. The molecule has 1 rings (SSSR count). The Morgan fingerprint density at radius 3 is 2.57 bits per heavy atom. The van der Waals surface area contributed by atoms with Crippen LogP contribution in [0.2, 0.25) is 0 Å². The third kappa shape index (κ3) is 4.52. The van der Waals surface area contributed by atoms with Gasteiger partial charge in [0.15, 0.2) is 0 Å². The Labute approximate surface area is 130 Å². The molecule has 0 spiro atoms. The van der Waals surface area contributed by atoms with Crippen LogP contribution < -0.4 is 5.32 Å². The lowest BCUT2D eigenvalue weighted by molar-refractivity contribution is -0.385. The molecule has 0 heterocycles. The standard InChI is InChI=1S/C13H16BrN3O4/c1-8(2)15-11(18)7-16(3)13(19)9-5-4-6-10(12(9)14)17(20)21/h4-6,8H,7H2,1-3H3,(H,15,18). The maximum absolute atomic E-state index is 12.3. The van der Waals surface area contributed by atoms with Crippen LogP contribution in [0.25, 0.3) is 0 Å². The second-order valence-corrected chi connectivity index (χ2v) is 5.57. The zero-order valence-corrected chi connectivity index (χ0v) is 13.5. The summed E-state index contributed by atoms with van der Waals surface area (Å²) in [6, 6.07) is 4.17. The van der Waals surface area contributed by atoms with Crippen LogP contribution in [0.1, 0.15) is 24.2 Å².